The molecule has 13 nitrogen and oxygen atoms in total. The van der Waals surface area contributed by atoms with E-state index in [-0.39, 0.29) is 67.0 Å². The highest BCUT2D eigenvalue weighted by atomic mass is 19.1. The maximum absolute atomic E-state index is 15.8. The standard InChI is InChI=1S/C44H47F2N3O10/c1-27(29-11-14-32(34(45)22-29)28-8-4-3-5-9-28)43(53)57-21-7-20-56-38(51)15-16-39(52)58-26-59-44(54)49-18-6-10-30-24-47(25-36(30)49)41-35(46)23-33-37(50)17-19-48(31-12-13-31)40(33)42(41)55-2/h3-5,8-9,11,14,17,19,22-23,27,30-31,36H,6-7,10,12-13,15-16,18,20-21,24-26H2,1-2H3. The Morgan fingerprint density at radius 3 is 2.32 bits per heavy atom. The first kappa shape index (κ1) is 41.2. The first-order chi connectivity index (χ1) is 28.5. The van der Waals surface area contributed by atoms with Crippen molar-refractivity contribution in [2.24, 2.45) is 5.92 Å². The third kappa shape index (κ3) is 9.34. The summed E-state index contributed by atoms with van der Waals surface area (Å²) in [5.41, 5.74) is 2.16. The van der Waals surface area contributed by atoms with Gasteiger partial charge in [0.15, 0.2) is 17.0 Å². The predicted molar refractivity (Wildman–Crippen MR) is 212 cm³/mol. The molecule has 3 atom stereocenters. The molecule has 0 bridgehead atoms. The molecule has 4 aromatic rings. The van der Waals surface area contributed by atoms with Crippen LogP contribution in [0.1, 0.15) is 69.4 Å². The number of ether oxygens (including phenoxy) is 5. The molecule has 3 aliphatic rings. The maximum Gasteiger partial charge on any atom is 0.412 e. The van der Waals surface area contributed by atoms with E-state index in [1.54, 1.807) is 42.3 Å². The van der Waals surface area contributed by atoms with Gasteiger partial charge in [-0.15, -0.1) is 0 Å². The number of rotatable bonds is 15. The highest BCUT2D eigenvalue weighted by Gasteiger charge is 2.43. The van der Waals surface area contributed by atoms with E-state index in [1.807, 2.05) is 27.7 Å². The molecule has 1 aromatic heterocycles. The Hall–Kier alpha value is -5.99. The van der Waals surface area contributed by atoms with Crippen molar-refractivity contribution in [2.75, 3.05) is 51.7 Å². The molecule has 0 N–H and O–H groups in total. The number of benzene rings is 3. The molecule has 1 amide bonds. The zero-order valence-electron chi connectivity index (χ0n) is 33.0. The molecule has 0 radical (unpaired) electrons. The van der Waals surface area contributed by atoms with Gasteiger partial charge in [-0.2, -0.15) is 0 Å². The number of fused-ring (bicyclic) bond motifs is 2. The molecule has 1 aliphatic carbocycles. The fraction of sp³-hybridized carbons (Fsp3) is 0.432. The van der Waals surface area contributed by atoms with Crippen LogP contribution in [0.4, 0.5) is 19.3 Å². The van der Waals surface area contributed by atoms with Crippen LogP contribution in [-0.2, 0) is 33.3 Å². The van der Waals surface area contributed by atoms with Gasteiger partial charge in [-0.25, -0.2) is 13.6 Å². The Morgan fingerprint density at radius 1 is 0.847 bits per heavy atom. The minimum Gasteiger partial charge on any atom is -0.492 e. The number of hydrogen-bond donors (Lipinski definition) is 0. The second-order valence-electron chi connectivity index (χ2n) is 15.1. The van der Waals surface area contributed by atoms with E-state index in [2.05, 4.69) is 0 Å². The summed E-state index contributed by atoms with van der Waals surface area (Å²) >= 11 is 0. The summed E-state index contributed by atoms with van der Waals surface area (Å²) in [6.45, 7) is 2.09. The normalized spacial score (nSPS) is 17.9. The van der Waals surface area contributed by atoms with Crippen LogP contribution < -0.4 is 15.1 Å². The molecule has 1 saturated carbocycles. The van der Waals surface area contributed by atoms with Gasteiger partial charge in [-0.05, 0) is 61.8 Å². The number of amides is 1. The fourth-order valence-electron chi connectivity index (χ4n) is 8.01. The number of nitrogens with zero attached hydrogens (tertiary/aromatic N) is 3. The predicted octanol–water partition coefficient (Wildman–Crippen LogP) is 6.89. The zero-order chi connectivity index (χ0) is 41.6. The number of esters is 3. The van der Waals surface area contributed by atoms with Gasteiger partial charge in [-0.3, -0.25) is 19.2 Å². The molecule has 59 heavy (non-hydrogen) atoms. The van der Waals surface area contributed by atoms with Crippen LogP contribution in [-0.4, -0.2) is 86.3 Å². The highest BCUT2D eigenvalue weighted by Crippen LogP contribution is 2.45. The number of likely N-dealkylation sites (tertiary alicyclic amines) is 1. The smallest absolute Gasteiger partial charge is 0.412 e. The number of carbonyl (C=O) groups is 4. The molecule has 312 valence electrons. The Bertz CT molecular complexity index is 2260. The van der Waals surface area contributed by atoms with Crippen LogP contribution in [0.2, 0.25) is 0 Å². The van der Waals surface area contributed by atoms with Crippen molar-refractivity contribution in [3.8, 4) is 16.9 Å². The number of piperidine rings is 1. The minimum atomic E-state index is -0.766. The van der Waals surface area contributed by atoms with Crippen molar-refractivity contribution in [3.05, 3.63) is 94.3 Å². The summed E-state index contributed by atoms with van der Waals surface area (Å²) in [5.74, 6) is -3.38. The van der Waals surface area contributed by atoms with Crippen LogP contribution in [0.25, 0.3) is 22.0 Å². The molecule has 7 rings (SSSR count). The average Bonchev–Trinajstić information content (AvgIpc) is 3.99. The lowest BCUT2D eigenvalue weighted by Gasteiger charge is -2.35. The lowest BCUT2D eigenvalue weighted by Crippen LogP contribution is -2.48. The highest BCUT2D eigenvalue weighted by molar-refractivity contribution is 5.92. The molecule has 2 aliphatic heterocycles. The van der Waals surface area contributed by atoms with Gasteiger partial charge in [0.2, 0.25) is 6.79 Å². The molecule has 2 saturated heterocycles. The lowest BCUT2D eigenvalue weighted by atomic mass is 9.92. The number of pyridine rings is 1. The van der Waals surface area contributed by atoms with Crippen molar-refractivity contribution in [2.45, 2.75) is 69.9 Å². The van der Waals surface area contributed by atoms with Gasteiger partial charge in [0.25, 0.3) is 0 Å². The lowest BCUT2D eigenvalue weighted by molar-refractivity contribution is -0.156. The second kappa shape index (κ2) is 18.3. The summed E-state index contributed by atoms with van der Waals surface area (Å²) in [6, 6.07) is 16.4. The van der Waals surface area contributed by atoms with Gasteiger partial charge in [0.1, 0.15) is 11.5 Å². The van der Waals surface area contributed by atoms with Crippen molar-refractivity contribution in [1.82, 2.24) is 9.47 Å². The van der Waals surface area contributed by atoms with Gasteiger partial charge in [-0.1, -0.05) is 42.5 Å². The van der Waals surface area contributed by atoms with Gasteiger partial charge >= 0.3 is 24.0 Å². The van der Waals surface area contributed by atoms with E-state index in [0.717, 1.165) is 24.8 Å². The summed E-state index contributed by atoms with van der Waals surface area (Å²) in [4.78, 5) is 66.4. The van der Waals surface area contributed by atoms with Crippen molar-refractivity contribution in [3.63, 3.8) is 0 Å². The van der Waals surface area contributed by atoms with E-state index in [4.69, 9.17) is 23.7 Å². The van der Waals surface area contributed by atoms with E-state index in [9.17, 15) is 28.4 Å². The average molecular weight is 816 g/mol. The molecule has 0 spiro atoms. The van der Waals surface area contributed by atoms with Crippen LogP contribution in [0.3, 0.4) is 0 Å². The van der Waals surface area contributed by atoms with Crippen LogP contribution >= 0.6 is 0 Å². The van der Waals surface area contributed by atoms with E-state index < -0.39 is 48.3 Å². The Balaban J connectivity index is 0.812. The third-order valence-corrected chi connectivity index (χ3v) is 11.2. The van der Waals surface area contributed by atoms with Crippen molar-refractivity contribution in [1.29, 1.82) is 0 Å². The molecule has 3 unspecified atom stereocenters. The SMILES string of the molecule is COc1c(N2CC3CCCN(C(=O)OCOC(=O)CCC(=O)OCCCOC(=O)C(C)c4ccc(-c5ccccc5)c(F)c4)C3C2)c(F)cc2c(=O)ccn(C3CC3)c12. The van der Waals surface area contributed by atoms with Crippen LogP contribution in [0, 0.1) is 17.6 Å². The minimum absolute atomic E-state index is 0.0242. The number of anilines is 1. The van der Waals surface area contributed by atoms with Crippen molar-refractivity contribution >= 4 is 40.6 Å². The van der Waals surface area contributed by atoms with Gasteiger partial charge in [0.05, 0.1) is 56.0 Å². The van der Waals surface area contributed by atoms with Gasteiger partial charge < -0.3 is 38.1 Å². The number of aromatic nitrogens is 1. The summed E-state index contributed by atoms with van der Waals surface area (Å²) in [5, 5.41) is 0.259. The molecular formula is C44H47F2N3O10. The number of carbonyl (C=O) groups excluding carboxylic acids is 4. The number of methoxy groups -OCH3 is 1. The Morgan fingerprint density at radius 2 is 1.59 bits per heavy atom. The Kier molecular flexibility index (Phi) is 12.8. The first-order valence-corrected chi connectivity index (χ1v) is 20.0. The summed E-state index contributed by atoms with van der Waals surface area (Å²) in [6.07, 6.45) is 4.14. The first-order valence-electron chi connectivity index (χ1n) is 20.0. The van der Waals surface area contributed by atoms with E-state index >= 15 is 4.39 Å². The topological polar surface area (TPSA) is 143 Å². The molecule has 3 aromatic carbocycles. The molecule has 15 heteroatoms. The number of halogens is 2. The van der Waals surface area contributed by atoms with Crippen molar-refractivity contribution < 1.29 is 51.6 Å². The molecular weight excluding hydrogens is 768 g/mol. The largest absolute Gasteiger partial charge is 0.492 e. The quantitative estimate of drug-likeness (QED) is 0.0536. The molecule has 3 fully saturated rings. The zero-order valence-corrected chi connectivity index (χ0v) is 33.0. The maximum atomic E-state index is 15.8. The van der Waals surface area contributed by atoms with Crippen LogP contribution in [0.5, 0.6) is 5.75 Å². The monoisotopic (exact) mass is 815 g/mol. The Labute approximate surface area is 339 Å². The second-order valence-corrected chi connectivity index (χ2v) is 15.1. The molecule has 3 heterocycles. The third-order valence-electron chi connectivity index (χ3n) is 11.2. The summed E-state index contributed by atoms with van der Waals surface area (Å²) in [7, 11) is 1.46. The van der Waals surface area contributed by atoms with E-state index in [0.29, 0.717) is 48.4 Å². The van der Waals surface area contributed by atoms with Crippen LogP contribution in [0.15, 0.2) is 71.7 Å². The number of hydrogen-bond acceptors (Lipinski definition) is 11. The summed E-state index contributed by atoms with van der Waals surface area (Å²) < 4.78 is 59.1. The fourth-order valence-corrected chi connectivity index (χ4v) is 8.01. The van der Waals surface area contributed by atoms with E-state index in [1.165, 1.54) is 25.3 Å². The van der Waals surface area contributed by atoms with Gasteiger partial charge in [0, 0.05) is 49.9 Å².